The lowest BCUT2D eigenvalue weighted by atomic mass is 9.95. The van der Waals surface area contributed by atoms with Crippen molar-refractivity contribution < 1.29 is 24.3 Å². The second-order valence-electron chi connectivity index (χ2n) is 7.38. The van der Waals surface area contributed by atoms with Gasteiger partial charge in [0.1, 0.15) is 0 Å². The topological polar surface area (TPSA) is 107 Å². The van der Waals surface area contributed by atoms with E-state index in [4.69, 9.17) is 0 Å². The van der Waals surface area contributed by atoms with E-state index in [1.54, 1.807) is 30.3 Å². The predicted molar refractivity (Wildman–Crippen MR) is 93.1 cm³/mol. The minimum Gasteiger partial charge on any atom is -0.479 e. The van der Waals surface area contributed by atoms with Crippen molar-refractivity contribution in [3.8, 4) is 0 Å². The van der Waals surface area contributed by atoms with E-state index in [0.29, 0.717) is 12.1 Å². The number of rotatable bonds is 4. The third kappa shape index (κ3) is 4.59. The number of nitrogens with one attached hydrogen (secondary N) is 1. The number of carbonyl (C=O) groups excluding carboxylic acids is 3. The predicted octanol–water partition coefficient (Wildman–Crippen LogP) is 1.24. The average molecular weight is 361 g/mol. The van der Waals surface area contributed by atoms with Gasteiger partial charge in [0.25, 0.3) is 0 Å². The van der Waals surface area contributed by atoms with Crippen LogP contribution in [0.1, 0.15) is 32.4 Å². The third-order valence-corrected chi connectivity index (χ3v) is 3.87. The summed E-state index contributed by atoms with van der Waals surface area (Å²) in [6, 6.07) is 5.95. The van der Waals surface area contributed by atoms with E-state index in [-0.39, 0.29) is 18.5 Å². The fraction of sp³-hybridized carbons (Fsp3) is 0.444. The Bertz CT molecular complexity index is 711. The van der Waals surface area contributed by atoms with Crippen molar-refractivity contribution in [1.82, 2.24) is 15.1 Å². The average Bonchev–Trinajstić information content (AvgIpc) is 2.56. The summed E-state index contributed by atoms with van der Waals surface area (Å²) in [5.41, 5.74) is 0.195. The van der Waals surface area contributed by atoms with Gasteiger partial charge in [0.15, 0.2) is 6.04 Å². The lowest BCUT2D eigenvalue weighted by molar-refractivity contribution is -0.154. The molecule has 2 rings (SSSR count). The molecule has 1 aliphatic heterocycles. The molecule has 26 heavy (non-hydrogen) atoms. The van der Waals surface area contributed by atoms with Gasteiger partial charge >= 0.3 is 23.8 Å². The highest BCUT2D eigenvalue weighted by atomic mass is 16.4. The minimum absolute atomic E-state index is 0.0214. The number of aliphatic carboxylic acids is 1. The van der Waals surface area contributed by atoms with Crippen LogP contribution in [0.5, 0.6) is 0 Å². The molecular formula is C18H23N3O5. The van der Waals surface area contributed by atoms with Crippen LogP contribution in [-0.2, 0) is 14.4 Å². The van der Waals surface area contributed by atoms with Gasteiger partial charge in [0.05, 0.1) is 0 Å². The number of benzene rings is 1. The molecule has 1 heterocycles. The molecule has 8 heteroatoms. The molecule has 0 aliphatic carbocycles. The van der Waals surface area contributed by atoms with Crippen LogP contribution in [0.3, 0.4) is 0 Å². The van der Waals surface area contributed by atoms with Crippen LogP contribution in [0.4, 0.5) is 4.79 Å². The molecule has 1 aliphatic rings. The van der Waals surface area contributed by atoms with Gasteiger partial charge in [0.2, 0.25) is 0 Å². The standard InChI is InChI=1S/C18H23N3O5/c1-18(2,3)11-20-9-10-21(15(23)14(20)22)17(26)19-13(16(24)25)12-7-5-4-6-8-12/h4-8,13H,9-11H2,1-3H3,(H,19,26)(H,24,25)/t13-/m1/s1. The molecule has 2 N–H and O–H groups in total. The fourth-order valence-corrected chi connectivity index (χ4v) is 2.73. The van der Waals surface area contributed by atoms with E-state index in [1.165, 1.54) is 4.90 Å². The summed E-state index contributed by atoms with van der Waals surface area (Å²) in [5.74, 6) is -2.96. The van der Waals surface area contributed by atoms with Gasteiger partial charge in [-0.05, 0) is 11.0 Å². The minimum atomic E-state index is -1.31. The summed E-state index contributed by atoms with van der Waals surface area (Å²) in [6.45, 7) is 6.48. The summed E-state index contributed by atoms with van der Waals surface area (Å²) in [5, 5.41) is 11.7. The SMILES string of the molecule is CC(C)(C)CN1CCN(C(=O)N[C@@H](C(=O)O)c2ccccc2)C(=O)C1=O. The van der Waals surface area contributed by atoms with E-state index in [1.807, 2.05) is 20.8 Å². The number of amides is 4. The first kappa shape index (κ1) is 19.4. The zero-order chi connectivity index (χ0) is 19.5. The van der Waals surface area contributed by atoms with E-state index in [2.05, 4.69) is 5.32 Å². The summed E-state index contributed by atoms with van der Waals surface area (Å²) >= 11 is 0. The Morgan fingerprint density at radius 3 is 2.27 bits per heavy atom. The van der Waals surface area contributed by atoms with Crippen molar-refractivity contribution in [3.63, 3.8) is 0 Å². The first-order valence-corrected chi connectivity index (χ1v) is 8.29. The molecular weight excluding hydrogens is 338 g/mol. The maximum Gasteiger partial charge on any atom is 0.330 e. The molecule has 0 radical (unpaired) electrons. The van der Waals surface area contributed by atoms with E-state index in [9.17, 15) is 24.3 Å². The van der Waals surface area contributed by atoms with E-state index in [0.717, 1.165) is 4.90 Å². The Morgan fingerprint density at radius 2 is 1.73 bits per heavy atom. The number of carboxylic acids is 1. The van der Waals surface area contributed by atoms with Crippen LogP contribution < -0.4 is 5.32 Å². The summed E-state index contributed by atoms with van der Waals surface area (Å²) < 4.78 is 0. The second-order valence-corrected chi connectivity index (χ2v) is 7.38. The summed E-state index contributed by atoms with van der Waals surface area (Å²) in [7, 11) is 0. The maximum absolute atomic E-state index is 12.4. The van der Waals surface area contributed by atoms with Gasteiger partial charge in [-0.3, -0.25) is 14.5 Å². The monoisotopic (exact) mass is 361 g/mol. The third-order valence-electron chi connectivity index (χ3n) is 3.87. The molecule has 0 aromatic heterocycles. The van der Waals surface area contributed by atoms with Gasteiger partial charge in [-0.1, -0.05) is 51.1 Å². The largest absolute Gasteiger partial charge is 0.479 e. The molecule has 0 bridgehead atoms. The van der Waals surface area contributed by atoms with Crippen LogP contribution in [-0.4, -0.2) is 58.4 Å². The van der Waals surface area contributed by atoms with Crippen molar-refractivity contribution >= 4 is 23.8 Å². The molecule has 8 nitrogen and oxygen atoms in total. The first-order valence-electron chi connectivity index (χ1n) is 8.29. The van der Waals surface area contributed by atoms with Crippen molar-refractivity contribution in [2.45, 2.75) is 26.8 Å². The normalized spacial score (nSPS) is 16.4. The number of urea groups is 1. The van der Waals surface area contributed by atoms with Gasteiger partial charge in [0, 0.05) is 19.6 Å². The first-order chi connectivity index (χ1) is 12.1. The lowest BCUT2D eigenvalue weighted by Gasteiger charge is -2.36. The van der Waals surface area contributed by atoms with Gasteiger partial charge in [-0.25, -0.2) is 9.59 Å². The highest BCUT2D eigenvalue weighted by molar-refractivity contribution is 6.38. The molecule has 4 amide bonds. The highest BCUT2D eigenvalue weighted by Gasteiger charge is 2.38. The van der Waals surface area contributed by atoms with Crippen LogP contribution in [0.15, 0.2) is 30.3 Å². The van der Waals surface area contributed by atoms with E-state index < -0.39 is 29.9 Å². The molecule has 0 unspecified atom stereocenters. The number of nitrogens with zero attached hydrogens (tertiary/aromatic N) is 2. The Kier molecular flexibility index (Phi) is 5.64. The number of imide groups is 1. The zero-order valence-corrected chi connectivity index (χ0v) is 15.1. The van der Waals surface area contributed by atoms with Gasteiger partial charge in [-0.15, -0.1) is 0 Å². The summed E-state index contributed by atoms with van der Waals surface area (Å²) in [4.78, 5) is 50.6. The van der Waals surface area contributed by atoms with Crippen LogP contribution >= 0.6 is 0 Å². The van der Waals surface area contributed by atoms with Crippen LogP contribution in [0.25, 0.3) is 0 Å². The Hall–Kier alpha value is -2.90. The van der Waals surface area contributed by atoms with Crippen molar-refractivity contribution in [1.29, 1.82) is 0 Å². The Morgan fingerprint density at radius 1 is 1.12 bits per heavy atom. The molecule has 1 aromatic rings. The number of carbonyl (C=O) groups is 4. The smallest absolute Gasteiger partial charge is 0.330 e. The number of piperazine rings is 1. The van der Waals surface area contributed by atoms with Crippen LogP contribution in [0, 0.1) is 5.41 Å². The fourth-order valence-electron chi connectivity index (χ4n) is 2.73. The Balaban J connectivity index is 2.09. The van der Waals surface area contributed by atoms with E-state index >= 15 is 0 Å². The molecule has 0 spiro atoms. The van der Waals surface area contributed by atoms with Crippen molar-refractivity contribution in [2.24, 2.45) is 5.41 Å². The zero-order valence-electron chi connectivity index (χ0n) is 15.1. The molecule has 1 saturated heterocycles. The lowest BCUT2D eigenvalue weighted by Crippen LogP contribution is -2.59. The van der Waals surface area contributed by atoms with Crippen molar-refractivity contribution in [2.75, 3.05) is 19.6 Å². The van der Waals surface area contributed by atoms with Crippen molar-refractivity contribution in [3.05, 3.63) is 35.9 Å². The quantitative estimate of drug-likeness (QED) is 0.785. The highest BCUT2D eigenvalue weighted by Crippen LogP contribution is 2.18. The number of hydrogen-bond acceptors (Lipinski definition) is 4. The number of carboxylic acid groups (broad SMARTS) is 1. The Labute approximate surface area is 151 Å². The van der Waals surface area contributed by atoms with Gasteiger partial charge in [-0.2, -0.15) is 0 Å². The second kappa shape index (κ2) is 7.55. The molecule has 1 aromatic carbocycles. The molecule has 140 valence electrons. The molecule has 0 saturated carbocycles. The molecule has 1 fully saturated rings. The molecule has 1 atom stereocenters. The van der Waals surface area contributed by atoms with Gasteiger partial charge < -0.3 is 15.3 Å². The van der Waals surface area contributed by atoms with Crippen LogP contribution in [0.2, 0.25) is 0 Å². The maximum atomic E-state index is 12.4. The summed E-state index contributed by atoms with van der Waals surface area (Å²) in [6.07, 6.45) is 0. The number of hydrogen-bond donors (Lipinski definition) is 2.